The van der Waals surface area contributed by atoms with Gasteiger partial charge in [-0.3, -0.25) is 9.79 Å². The van der Waals surface area contributed by atoms with Crippen molar-refractivity contribution < 1.29 is 9.90 Å². The summed E-state index contributed by atoms with van der Waals surface area (Å²) in [6, 6.07) is 9.91. The van der Waals surface area contributed by atoms with E-state index < -0.39 is 5.60 Å². The lowest BCUT2D eigenvalue weighted by Gasteiger charge is -2.33. The fourth-order valence-corrected chi connectivity index (χ4v) is 3.92. The first kappa shape index (κ1) is 16.0. The lowest BCUT2D eigenvalue weighted by atomic mass is 9.79. The fourth-order valence-electron chi connectivity index (χ4n) is 3.92. The predicted octanol–water partition coefficient (Wildman–Crippen LogP) is 3.63. The van der Waals surface area contributed by atoms with Crippen molar-refractivity contribution in [1.29, 1.82) is 0 Å². The van der Waals surface area contributed by atoms with E-state index in [0.717, 1.165) is 39.6 Å². The van der Waals surface area contributed by atoms with Crippen LogP contribution in [0.25, 0.3) is 10.8 Å². The zero-order chi connectivity index (χ0) is 17.8. The number of hydrogen-bond donors (Lipinski definition) is 1. The molecule has 0 spiro atoms. The Morgan fingerprint density at radius 2 is 2.04 bits per heavy atom. The highest BCUT2D eigenvalue weighted by Gasteiger charge is 2.38. The SMILES string of the molecule is CC(C)C(O)(C1=CCC=N1)c1ccc2c3c(ccc2c1)C(=O)N(C)C3. The molecule has 0 saturated heterocycles. The molecule has 0 saturated carbocycles. The second-order valence-electron chi connectivity index (χ2n) is 7.25. The third-order valence-corrected chi connectivity index (χ3v) is 5.42. The lowest BCUT2D eigenvalue weighted by Crippen LogP contribution is -2.33. The van der Waals surface area contributed by atoms with Crippen molar-refractivity contribution in [3.8, 4) is 0 Å². The van der Waals surface area contributed by atoms with Crippen LogP contribution in [0, 0.1) is 5.92 Å². The molecule has 25 heavy (non-hydrogen) atoms. The Labute approximate surface area is 147 Å². The third kappa shape index (κ3) is 2.24. The molecule has 1 amide bonds. The van der Waals surface area contributed by atoms with Gasteiger partial charge in [-0.1, -0.05) is 38.1 Å². The largest absolute Gasteiger partial charge is 0.379 e. The van der Waals surface area contributed by atoms with Crippen LogP contribution in [0.3, 0.4) is 0 Å². The minimum absolute atomic E-state index is 0.00594. The van der Waals surface area contributed by atoms with Crippen LogP contribution in [0.2, 0.25) is 0 Å². The van der Waals surface area contributed by atoms with E-state index in [-0.39, 0.29) is 11.8 Å². The minimum Gasteiger partial charge on any atom is -0.379 e. The molecule has 0 fully saturated rings. The van der Waals surface area contributed by atoms with Crippen LogP contribution in [0.1, 0.15) is 41.8 Å². The third-order valence-electron chi connectivity index (χ3n) is 5.42. The second-order valence-corrected chi connectivity index (χ2v) is 7.25. The highest BCUT2D eigenvalue weighted by atomic mass is 16.3. The van der Waals surface area contributed by atoms with Gasteiger partial charge < -0.3 is 10.0 Å². The summed E-state index contributed by atoms with van der Waals surface area (Å²) in [5, 5.41) is 13.6. The maximum absolute atomic E-state index is 12.2. The first-order chi connectivity index (χ1) is 11.9. The van der Waals surface area contributed by atoms with Gasteiger partial charge in [0.05, 0.1) is 5.70 Å². The first-order valence-electron chi connectivity index (χ1n) is 8.70. The average Bonchev–Trinajstić information content (AvgIpc) is 3.23. The van der Waals surface area contributed by atoms with Crippen molar-refractivity contribution >= 4 is 22.9 Å². The Hall–Kier alpha value is -2.46. The molecule has 2 heterocycles. The Morgan fingerprint density at radius 1 is 1.24 bits per heavy atom. The van der Waals surface area contributed by atoms with E-state index in [4.69, 9.17) is 0 Å². The molecule has 0 radical (unpaired) electrons. The van der Waals surface area contributed by atoms with Gasteiger partial charge in [-0.25, -0.2) is 0 Å². The molecule has 2 aliphatic heterocycles. The zero-order valence-electron chi connectivity index (χ0n) is 14.8. The summed E-state index contributed by atoms with van der Waals surface area (Å²) in [7, 11) is 1.82. The van der Waals surface area contributed by atoms with Crippen molar-refractivity contribution in [1.82, 2.24) is 4.90 Å². The molecule has 2 aromatic carbocycles. The van der Waals surface area contributed by atoms with Crippen molar-refractivity contribution in [2.75, 3.05) is 7.05 Å². The fraction of sp³-hybridized carbons (Fsp3) is 0.333. The van der Waals surface area contributed by atoms with Gasteiger partial charge in [0.25, 0.3) is 5.91 Å². The molecule has 4 rings (SSSR count). The molecule has 128 valence electrons. The number of hydrogen-bond acceptors (Lipinski definition) is 3. The summed E-state index contributed by atoms with van der Waals surface area (Å²) in [6.45, 7) is 4.65. The Kier molecular flexibility index (Phi) is 3.55. The lowest BCUT2D eigenvalue weighted by molar-refractivity contribution is 0.0267. The number of carbonyl (C=O) groups is 1. The molecule has 4 heteroatoms. The number of fused-ring (bicyclic) bond motifs is 3. The Bertz CT molecular complexity index is 942. The van der Waals surface area contributed by atoms with E-state index in [2.05, 4.69) is 4.99 Å². The van der Waals surface area contributed by atoms with Gasteiger partial charge in [-0.15, -0.1) is 0 Å². The van der Waals surface area contributed by atoms with Gasteiger partial charge in [0.1, 0.15) is 5.60 Å². The molecule has 2 aliphatic rings. The van der Waals surface area contributed by atoms with Crippen LogP contribution in [-0.2, 0) is 12.1 Å². The number of amides is 1. The van der Waals surface area contributed by atoms with Gasteiger partial charge >= 0.3 is 0 Å². The summed E-state index contributed by atoms with van der Waals surface area (Å²) in [5.74, 6) is 0.0682. The highest BCUT2D eigenvalue weighted by Crippen LogP contribution is 2.40. The number of aliphatic hydroxyl groups is 1. The highest BCUT2D eigenvalue weighted by molar-refractivity contribution is 6.04. The molecule has 2 aromatic rings. The van der Waals surface area contributed by atoms with Crippen LogP contribution < -0.4 is 0 Å². The summed E-state index contributed by atoms with van der Waals surface area (Å²) < 4.78 is 0. The Balaban J connectivity index is 1.88. The normalized spacial score (nSPS) is 18.8. The molecule has 1 unspecified atom stereocenters. The molecule has 0 bridgehead atoms. The monoisotopic (exact) mass is 334 g/mol. The van der Waals surface area contributed by atoms with Crippen molar-refractivity contribution in [2.45, 2.75) is 32.4 Å². The van der Waals surface area contributed by atoms with Gasteiger partial charge in [-0.2, -0.15) is 0 Å². The summed E-state index contributed by atoms with van der Waals surface area (Å²) in [5.41, 5.74) is 2.32. The van der Waals surface area contributed by atoms with E-state index >= 15 is 0 Å². The minimum atomic E-state index is -1.10. The number of rotatable bonds is 3. The average molecular weight is 334 g/mol. The summed E-state index contributed by atoms with van der Waals surface area (Å²) in [4.78, 5) is 18.3. The van der Waals surface area contributed by atoms with Crippen molar-refractivity contribution in [2.24, 2.45) is 10.9 Å². The molecule has 0 aromatic heterocycles. The molecule has 1 atom stereocenters. The van der Waals surface area contributed by atoms with Crippen LogP contribution in [0.5, 0.6) is 0 Å². The van der Waals surface area contributed by atoms with Crippen molar-refractivity contribution in [3.63, 3.8) is 0 Å². The van der Waals surface area contributed by atoms with E-state index in [1.54, 1.807) is 4.90 Å². The van der Waals surface area contributed by atoms with E-state index in [1.165, 1.54) is 0 Å². The second kappa shape index (κ2) is 5.53. The smallest absolute Gasteiger partial charge is 0.254 e. The predicted molar refractivity (Wildman–Crippen MR) is 99.7 cm³/mol. The van der Waals surface area contributed by atoms with Gasteiger partial charge in [0, 0.05) is 31.8 Å². The summed E-state index contributed by atoms with van der Waals surface area (Å²) >= 11 is 0. The van der Waals surface area contributed by atoms with Gasteiger partial charge in [0.15, 0.2) is 0 Å². The van der Waals surface area contributed by atoms with Gasteiger partial charge in [-0.05, 0) is 39.9 Å². The standard InChI is InChI=1S/C21H22N2O2/c1-13(2)21(25,19-5-4-10-22-19)15-7-9-16-14(11-15)6-8-17-18(16)12-23(3)20(17)24/h5-11,13,25H,4,12H2,1-3H3. The topological polar surface area (TPSA) is 52.9 Å². The van der Waals surface area contributed by atoms with E-state index in [9.17, 15) is 9.90 Å². The zero-order valence-corrected chi connectivity index (χ0v) is 14.8. The van der Waals surface area contributed by atoms with E-state index in [1.807, 2.05) is 63.5 Å². The molecule has 4 nitrogen and oxygen atoms in total. The van der Waals surface area contributed by atoms with Crippen LogP contribution in [0.4, 0.5) is 0 Å². The number of benzene rings is 2. The van der Waals surface area contributed by atoms with Crippen molar-refractivity contribution in [3.05, 3.63) is 58.8 Å². The maximum Gasteiger partial charge on any atom is 0.254 e. The first-order valence-corrected chi connectivity index (χ1v) is 8.70. The number of aliphatic imine (C=N–C) groups is 1. The quantitative estimate of drug-likeness (QED) is 0.932. The van der Waals surface area contributed by atoms with E-state index in [0.29, 0.717) is 6.54 Å². The molecule has 0 aliphatic carbocycles. The van der Waals surface area contributed by atoms with Crippen LogP contribution in [0.15, 0.2) is 47.1 Å². The van der Waals surface area contributed by atoms with Crippen LogP contribution >= 0.6 is 0 Å². The molecular weight excluding hydrogens is 312 g/mol. The Morgan fingerprint density at radius 3 is 2.72 bits per heavy atom. The molecule has 1 N–H and O–H groups in total. The van der Waals surface area contributed by atoms with Gasteiger partial charge in [0.2, 0.25) is 0 Å². The maximum atomic E-state index is 12.2. The number of carbonyl (C=O) groups excluding carboxylic acids is 1. The number of allylic oxidation sites excluding steroid dienone is 1. The van der Waals surface area contributed by atoms with Crippen LogP contribution in [-0.4, -0.2) is 29.2 Å². The number of nitrogens with zero attached hydrogens (tertiary/aromatic N) is 2. The molecular formula is C21H22N2O2. The summed E-state index contributed by atoms with van der Waals surface area (Å²) in [6.07, 6.45) is 4.58.